The Morgan fingerprint density at radius 2 is 1.79 bits per heavy atom. The molecule has 2 heterocycles. The Morgan fingerprint density at radius 3 is 2.42 bits per heavy atom. The van der Waals surface area contributed by atoms with Gasteiger partial charge in [0.05, 0.1) is 20.9 Å². The van der Waals surface area contributed by atoms with Crippen molar-refractivity contribution in [2.45, 2.75) is 38.9 Å². The number of nitrogens with zero attached hydrogens (tertiary/aromatic N) is 2. The van der Waals surface area contributed by atoms with Gasteiger partial charge in [0, 0.05) is 5.46 Å². The molecule has 0 aliphatic carbocycles. The van der Waals surface area contributed by atoms with Crippen molar-refractivity contribution in [2.24, 2.45) is 0 Å². The van der Waals surface area contributed by atoms with E-state index in [4.69, 9.17) is 20.9 Å². The Balaban J connectivity index is 2.04. The first kappa shape index (κ1) is 13.3. The van der Waals surface area contributed by atoms with Crippen molar-refractivity contribution < 1.29 is 9.31 Å². The van der Waals surface area contributed by atoms with E-state index in [0.29, 0.717) is 5.02 Å². The van der Waals surface area contributed by atoms with Crippen LogP contribution in [0.2, 0.25) is 5.02 Å². The van der Waals surface area contributed by atoms with E-state index in [1.807, 2.05) is 39.8 Å². The number of fused-ring (bicyclic) bond motifs is 1. The van der Waals surface area contributed by atoms with Gasteiger partial charge in [-0.15, -0.1) is 5.10 Å². The van der Waals surface area contributed by atoms with Gasteiger partial charge in [0.1, 0.15) is 5.52 Å². The Morgan fingerprint density at radius 1 is 1.16 bits per heavy atom. The van der Waals surface area contributed by atoms with E-state index < -0.39 is 7.12 Å². The average Bonchev–Trinajstić information content (AvgIpc) is 2.83. The fraction of sp³-hybridized carbons (Fsp3) is 0.500. The molecule has 1 aliphatic rings. The molecular weight excluding hydrogens is 282 g/mol. The molecule has 0 radical (unpaired) electrons. The van der Waals surface area contributed by atoms with Crippen LogP contribution in [0.15, 0.2) is 12.1 Å². The number of hydrogen-bond donors (Lipinski definition) is 0. The summed E-state index contributed by atoms with van der Waals surface area (Å²) in [5, 5.41) is 4.62. The van der Waals surface area contributed by atoms with Gasteiger partial charge in [0.15, 0.2) is 0 Å². The van der Waals surface area contributed by atoms with E-state index in [9.17, 15) is 0 Å². The summed E-state index contributed by atoms with van der Waals surface area (Å²) < 4.78 is 16.8. The van der Waals surface area contributed by atoms with Crippen LogP contribution in [0.25, 0.3) is 10.2 Å². The monoisotopic (exact) mass is 296 g/mol. The van der Waals surface area contributed by atoms with Crippen LogP contribution in [0.5, 0.6) is 0 Å². The molecule has 0 amide bonds. The lowest BCUT2D eigenvalue weighted by Crippen LogP contribution is -2.41. The minimum atomic E-state index is -0.455. The lowest BCUT2D eigenvalue weighted by molar-refractivity contribution is 0.00578. The highest BCUT2D eigenvalue weighted by Crippen LogP contribution is 2.37. The van der Waals surface area contributed by atoms with Crippen molar-refractivity contribution in [3.63, 3.8) is 0 Å². The Kier molecular flexibility index (Phi) is 2.91. The van der Waals surface area contributed by atoms with Gasteiger partial charge >= 0.3 is 7.12 Å². The fourth-order valence-electron chi connectivity index (χ4n) is 1.98. The summed E-state index contributed by atoms with van der Waals surface area (Å²) in [6.45, 7) is 8.09. The van der Waals surface area contributed by atoms with Gasteiger partial charge in [-0.3, -0.25) is 0 Å². The van der Waals surface area contributed by atoms with Crippen molar-refractivity contribution in [2.75, 3.05) is 0 Å². The molecule has 0 saturated carbocycles. The van der Waals surface area contributed by atoms with Crippen LogP contribution in [0.1, 0.15) is 27.7 Å². The molecule has 2 aromatic rings. The van der Waals surface area contributed by atoms with Crippen molar-refractivity contribution in [1.82, 2.24) is 9.59 Å². The van der Waals surface area contributed by atoms with E-state index in [0.717, 1.165) is 15.7 Å². The molecule has 0 N–H and O–H groups in total. The third-order valence-electron chi connectivity index (χ3n) is 3.89. The van der Waals surface area contributed by atoms with Gasteiger partial charge in [0.25, 0.3) is 0 Å². The molecule has 0 bridgehead atoms. The predicted molar refractivity (Wildman–Crippen MR) is 78.1 cm³/mol. The summed E-state index contributed by atoms with van der Waals surface area (Å²) in [4.78, 5) is 0. The molecule has 0 atom stereocenters. The SMILES string of the molecule is CC1(C)OB(c2ccc3nnsc3c2Cl)OC1(C)C. The normalized spacial score (nSPS) is 21.2. The van der Waals surface area contributed by atoms with Crippen LogP contribution in [-0.2, 0) is 9.31 Å². The molecule has 1 aromatic heterocycles. The summed E-state index contributed by atoms with van der Waals surface area (Å²) in [6, 6.07) is 3.79. The molecule has 4 nitrogen and oxygen atoms in total. The lowest BCUT2D eigenvalue weighted by atomic mass is 9.79. The number of benzene rings is 1. The van der Waals surface area contributed by atoms with Crippen LogP contribution in [0.3, 0.4) is 0 Å². The van der Waals surface area contributed by atoms with E-state index >= 15 is 0 Å². The maximum atomic E-state index is 6.42. The Labute approximate surface area is 121 Å². The molecular formula is C12H14BClN2O2S. The largest absolute Gasteiger partial charge is 0.496 e. The van der Waals surface area contributed by atoms with Gasteiger partial charge < -0.3 is 9.31 Å². The summed E-state index contributed by atoms with van der Waals surface area (Å²) in [6.07, 6.45) is 0. The molecule has 100 valence electrons. The molecule has 0 spiro atoms. The standard InChI is InChI=1S/C12H14BClN2O2S/c1-11(2)12(3,4)18-13(17-11)7-5-6-8-10(9(7)14)19-16-15-8/h5-6H,1-4H3. The van der Waals surface area contributed by atoms with Crippen molar-refractivity contribution in [1.29, 1.82) is 0 Å². The van der Waals surface area contributed by atoms with Crippen LogP contribution >= 0.6 is 23.1 Å². The molecule has 19 heavy (non-hydrogen) atoms. The average molecular weight is 297 g/mol. The maximum absolute atomic E-state index is 6.42. The zero-order valence-electron chi connectivity index (χ0n) is 11.2. The Hall–Kier alpha value is -0.685. The maximum Gasteiger partial charge on any atom is 0.496 e. The summed E-state index contributed by atoms with van der Waals surface area (Å²) >= 11 is 7.70. The molecule has 7 heteroatoms. The molecule has 1 aromatic carbocycles. The predicted octanol–water partition coefficient (Wildman–Crippen LogP) is 2.64. The van der Waals surface area contributed by atoms with Gasteiger partial charge in [-0.25, -0.2) is 0 Å². The van der Waals surface area contributed by atoms with Crippen molar-refractivity contribution in [3.05, 3.63) is 17.2 Å². The number of halogens is 1. The van der Waals surface area contributed by atoms with Crippen LogP contribution in [-0.4, -0.2) is 27.9 Å². The Bertz CT molecular complexity index is 628. The van der Waals surface area contributed by atoms with Gasteiger partial charge in [-0.05, 0) is 45.3 Å². The van der Waals surface area contributed by atoms with Crippen molar-refractivity contribution in [3.8, 4) is 0 Å². The summed E-state index contributed by atoms with van der Waals surface area (Å²) in [5.41, 5.74) is 0.887. The van der Waals surface area contributed by atoms with Crippen molar-refractivity contribution >= 4 is 45.9 Å². The quantitative estimate of drug-likeness (QED) is 0.759. The third-order valence-corrected chi connectivity index (χ3v) is 5.17. The minimum absolute atomic E-state index is 0.373. The molecule has 1 fully saturated rings. The number of hydrogen-bond acceptors (Lipinski definition) is 5. The smallest absolute Gasteiger partial charge is 0.399 e. The topological polar surface area (TPSA) is 44.2 Å². The second-order valence-corrected chi connectivity index (χ2v) is 6.81. The highest BCUT2D eigenvalue weighted by molar-refractivity contribution is 7.14. The number of rotatable bonds is 1. The second-order valence-electron chi connectivity index (χ2n) is 5.68. The second kappa shape index (κ2) is 4.15. The van der Waals surface area contributed by atoms with E-state index in [-0.39, 0.29) is 11.2 Å². The summed E-state index contributed by atoms with van der Waals surface area (Å²) in [7, 11) is -0.455. The minimum Gasteiger partial charge on any atom is -0.399 e. The fourth-order valence-corrected chi connectivity index (χ4v) is 2.95. The molecule has 1 saturated heterocycles. The highest BCUT2D eigenvalue weighted by Gasteiger charge is 2.52. The van der Waals surface area contributed by atoms with Gasteiger partial charge in [-0.2, -0.15) is 0 Å². The molecule has 1 aliphatic heterocycles. The zero-order valence-corrected chi connectivity index (χ0v) is 12.8. The van der Waals surface area contributed by atoms with E-state index in [1.165, 1.54) is 11.5 Å². The van der Waals surface area contributed by atoms with Gasteiger partial charge in [-0.1, -0.05) is 22.2 Å². The lowest BCUT2D eigenvalue weighted by Gasteiger charge is -2.32. The van der Waals surface area contributed by atoms with Crippen LogP contribution < -0.4 is 5.46 Å². The van der Waals surface area contributed by atoms with E-state index in [2.05, 4.69) is 9.59 Å². The van der Waals surface area contributed by atoms with Crippen LogP contribution in [0, 0.1) is 0 Å². The first-order chi connectivity index (χ1) is 8.82. The first-order valence-corrected chi connectivity index (χ1v) is 7.23. The van der Waals surface area contributed by atoms with E-state index in [1.54, 1.807) is 0 Å². The summed E-state index contributed by atoms with van der Waals surface area (Å²) in [5.74, 6) is 0. The van der Waals surface area contributed by atoms with Gasteiger partial charge in [0.2, 0.25) is 0 Å². The zero-order chi connectivity index (χ0) is 13.8. The third kappa shape index (κ3) is 1.98. The molecule has 3 rings (SSSR count). The molecule has 0 unspecified atom stereocenters. The number of aromatic nitrogens is 2. The van der Waals surface area contributed by atoms with Crippen LogP contribution in [0.4, 0.5) is 0 Å². The highest BCUT2D eigenvalue weighted by atomic mass is 35.5. The first-order valence-electron chi connectivity index (χ1n) is 6.08.